The number of amides is 2. The Morgan fingerprint density at radius 1 is 0.669 bits per heavy atom. The molecule has 10 aromatic rings. The molecule has 0 saturated carbocycles. The van der Waals surface area contributed by atoms with E-state index in [0.29, 0.717) is 16.1 Å². The van der Waals surface area contributed by atoms with Crippen molar-refractivity contribution < 1.29 is 101 Å². The molecule has 4 unspecified atom stereocenters. The molecule has 4 bridgehead atoms. The van der Waals surface area contributed by atoms with Crippen molar-refractivity contribution in [3.63, 3.8) is 0 Å². The minimum absolute atomic E-state index is 0.00326. The van der Waals surface area contributed by atoms with E-state index >= 15 is 17.6 Å². The number of hydrogen-bond acceptors (Lipinski definition) is 36. The topological polar surface area (TPSA) is 549 Å². The number of nitrogens with two attached hydrogens (primary N) is 3. The second-order valence-corrected chi connectivity index (χ2v) is 41.6. The van der Waals surface area contributed by atoms with Crippen LogP contribution in [0, 0.1) is 17.2 Å². The van der Waals surface area contributed by atoms with E-state index in [4.69, 9.17) is 118 Å². The molecule has 6 aliphatic rings. The molecule has 14 heterocycles. The standard InChI is InChI=1S/C41H39Cl2F2N11O11P2S2.C20H22F2N10O9P2S2.CH5N/c1-20(2)36(57)53-41-52-35-30(38(59)54-41)50-19-56(35)40-32-27(44)25(64-40)14-62-68(60,61-12-6-11-46)66-31-26(15-63-69(70,67-32)71-16-22-9-10-23(42)13-24(22)43)65-39(28(31)45)55-18-49-29-33(47-17-48-34(29)55)51-37(58)21-7-4-3-5-8-21;21-8-6-1-36-42(34,35)40-12-7(39-18(9(12)22)31-4-27-10-14(23)25-3-26-15(10)31)2-37-43(44,45)41-13(8)19(38-6)32-5-28-11-16(32)29-20(24)30-17(11)33;1-2/h3-5,7-10,13,17-20,25-28,31-32,39-40H,6,12,14-16H2,1-2H3,(H,47,48,51,58)(H2,52,53,54,57,59);3-9,12-13,18-19H,1-2H2,(H,34,35)(H,44,45)(H2,23,25,26)(H3,24,29,30,33);2H2,1H3/t25-,26-,27-,28+,31-,32-,39-,40-,68?,69?;6-,7-,8-,9+,12-,13-,18-,19-;/m11./s1. The lowest BCUT2D eigenvalue weighted by Gasteiger charge is -2.30. The van der Waals surface area contributed by atoms with Gasteiger partial charge >= 0.3 is 15.6 Å². The van der Waals surface area contributed by atoms with Gasteiger partial charge in [0.15, 0.2) is 100 Å². The fourth-order valence-electron chi connectivity index (χ4n) is 12.7. The number of ether oxygens (including phenoxy) is 4. The maximum atomic E-state index is 17.3. The number of aromatic nitrogens is 16. The van der Waals surface area contributed by atoms with Crippen LogP contribution in [0.5, 0.6) is 0 Å². The summed E-state index contributed by atoms with van der Waals surface area (Å²) in [7, 11) is -8.61. The summed E-state index contributed by atoms with van der Waals surface area (Å²) in [6.07, 6.45) is -21.0. The largest absolute Gasteiger partial charge is 0.475 e. The van der Waals surface area contributed by atoms with E-state index in [1.54, 1.807) is 56.3 Å². The third-order valence-corrected chi connectivity index (χ3v) is 28.7. The summed E-state index contributed by atoms with van der Waals surface area (Å²) >= 11 is 29.6. The first-order chi connectivity index (χ1) is 56.3. The lowest BCUT2D eigenvalue weighted by atomic mass is 10.1. The molecule has 0 aliphatic carbocycles. The maximum absolute atomic E-state index is 17.3. The van der Waals surface area contributed by atoms with Crippen LogP contribution in [0.25, 0.3) is 44.7 Å². The summed E-state index contributed by atoms with van der Waals surface area (Å²) in [5.41, 5.74) is 7.60. The second-order valence-electron chi connectivity index (χ2n) is 26.2. The van der Waals surface area contributed by atoms with Gasteiger partial charge in [-0.2, -0.15) is 15.2 Å². The number of fused-ring (bicyclic) bond motifs is 10. The van der Waals surface area contributed by atoms with Crippen LogP contribution in [0.2, 0.25) is 10.0 Å². The number of benzene rings is 2. The van der Waals surface area contributed by atoms with Gasteiger partial charge in [-0.05, 0) is 60.5 Å². The summed E-state index contributed by atoms with van der Waals surface area (Å²) in [6.45, 7) is -0.225. The van der Waals surface area contributed by atoms with Crippen molar-refractivity contribution in [2.24, 2.45) is 11.7 Å². The third kappa shape index (κ3) is 18.3. The molecular weight excluding hydrogens is 1770 g/mol. The van der Waals surface area contributed by atoms with Gasteiger partial charge in [0.25, 0.3) is 17.0 Å². The second kappa shape index (κ2) is 35.9. The molecule has 2 amide bonds. The lowest BCUT2D eigenvalue weighted by Crippen LogP contribution is -2.34. The number of carbonyl (C=O) groups is 2. The number of hydrogen-bond donors (Lipinski definition) is 9. The summed E-state index contributed by atoms with van der Waals surface area (Å²) in [5, 5.41) is 15.1. The fourth-order valence-corrected chi connectivity index (χ4v) is 21.9. The molecule has 118 heavy (non-hydrogen) atoms. The molecule has 16 rings (SSSR count). The van der Waals surface area contributed by atoms with Gasteiger partial charge in [0.1, 0.15) is 67.0 Å². The number of H-pyrrole nitrogens is 2. The number of halogens is 6. The zero-order valence-electron chi connectivity index (χ0n) is 60.7. The Labute approximate surface area is 690 Å². The molecular formula is C62H66Cl2F4N22O20P4S4. The van der Waals surface area contributed by atoms with Gasteiger partial charge in [0, 0.05) is 27.3 Å². The van der Waals surface area contributed by atoms with E-state index in [1.807, 2.05) is 6.07 Å². The molecule has 6 aliphatic heterocycles. The number of rotatable bonds is 14. The van der Waals surface area contributed by atoms with Gasteiger partial charge < -0.3 is 64.5 Å². The molecule has 630 valence electrons. The average molecular weight is 1840 g/mol. The van der Waals surface area contributed by atoms with Crippen molar-refractivity contribution >= 4 is 177 Å². The predicted octanol–water partition coefficient (Wildman–Crippen LogP) is 7.84. The summed E-state index contributed by atoms with van der Waals surface area (Å²) in [5.74, 6) is -1.90. The summed E-state index contributed by atoms with van der Waals surface area (Å²) in [4.78, 5) is 108. The Hall–Kier alpha value is -7.57. The fraction of sp³-hybridized carbons (Fsp3) is 0.435. The minimum Gasteiger partial charge on any atom is -0.382 e. The molecule has 0 radical (unpaired) electrons. The lowest BCUT2D eigenvalue weighted by molar-refractivity contribution is -0.119. The first-order valence-electron chi connectivity index (χ1n) is 34.9. The summed E-state index contributed by atoms with van der Waals surface area (Å²) < 4.78 is 175. The Morgan fingerprint density at radius 2 is 1.21 bits per heavy atom. The highest BCUT2D eigenvalue weighted by Crippen LogP contribution is 2.66. The number of nitrogens with one attached hydrogen (secondary N) is 4. The molecule has 42 nitrogen and oxygen atoms in total. The third-order valence-electron chi connectivity index (χ3n) is 18.3. The Balaban J connectivity index is 0.000000209. The highest BCUT2D eigenvalue weighted by molar-refractivity contribution is 8.67. The van der Waals surface area contributed by atoms with Gasteiger partial charge in [-0.1, -0.05) is 84.9 Å². The zero-order valence-corrected chi connectivity index (χ0v) is 69.2. The van der Waals surface area contributed by atoms with Gasteiger partial charge in [-0.15, -0.1) is 0 Å². The average Bonchev–Trinajstić information content (AvgIpc) is 1.61. The van der Waals surface area contributed by atoms with E-state index in [9.17, 15) is 38.5 Å². The van der Waals surface area contributed by atoms with Crippen molar-refractivity contribution in [1.29, 1.82) is 5.26 Å². The highest BCUT2D eigenvalue weighted by Gasteiger charge is 2.58. The number of anilines is 4. The monoisotopic (exact) mass is 1840 g/mol. The van der Waals surface area contributed by atoms with Crippen LogP contribution in [-0.2, 0) is 103 Å². The Bertz CT molecular complexity index is 5820. The van der Waals surface area contributed by atoms with Gasteiger partial charge in [0.2, 0.25) is 29.2 Å². The van der Waals surface area contributed by atoms with Crippen LogP contribution in [0.15, 0.2) is 96.1 Å². The van der Waals surface area contributed by atoms with Crippen molar-refractivity contribution in [3.05, 3.63) is 128 Å². The Morgan fingerprint density at radius 3 is 1.84 bits per heavy atom. The molecule has 11 N–H and O–H groups in total. The van der Waals surface area contributed by atoms with Crippen LogP contribution >= 0.6 is 73.9 Å². The molecule has 6 fully saturated rings. The number of nitrogen functional groups attached to an aromatic ring is 2. The van der Waals surface area contributed by atoms with Crippen molar-refractivity contribution in [3.8, 4) is 6.07 Å². The molecule has 56 heteroatoms. The number of imidazole rings is 4. The number of carbonyl (C=O) groups excluding carboxylic acids is 2. The van der Waals surface area contributed by atoms with Crippen LogP contribution in [0.3, 0.4) is 0 Å². The zero-order chi connectivity index (χ0) is 84.0. The van der Waals surface area contributed by atoms with Gasteiger partial charge in [0.05, 0.1) is 70.8 Å². The van der Waals surface area contributed by atoms with Crippen molar-refractivity contribution in [2.75, 3.05) is 62.2 Å². The molecule has 8 aromatic heterocycles. The van der Waals surface area contributed by atoms with E-state index in [1.165, 1.54) is 44.0 Å². The number of nitrogens with zero attached hydrogens (tertiary/aromatic N) is 15. The number of phosphoric ester groups is 2. The first-order valence-corrected chi connectivity index (χ1v) is 46.6. The number of aromatic amines is 2. The quantitative estimate of drug-likeness (QED) is 0.0216. The predicted molar refractivity (Wildman–Crippen MR) is 421 cm³/mol. The molecule has 0 spiro atoms. The van der Waals surface area contributed by atoms with E-state index in [0.717, 1.165) is 36.7 Å². The highest BCUT2D eigenvalue weighted by atomic mass is 35.5. The van der Waals surface area contributed by atoms with Crippen LogP contribution in [0.4, 0.5) is 41.1 Å². The minimum atomic E-state index is -5.11. The van der Waals surface area contributed by atoms with Crippen molar-refractivity contribution in [1.82, 2.24) is 78.1 Å². The van der Waals surface area contributed by atoms with E-state index in [-0.39, 0.29) is 85.4 Å². The van der Waals surface area contributed by atoms with Crippen molar-refractivity contribution in [2.45, 2.75) is 124 Å². The smallest absolute Gasteiger partial charge is 0.382 e. The first kappa shape index (κ1) is 86.8. The van der Waals surface area contributed by atoms with Gasteiger partial charge in [-0.3, -0.25) is 75.4 Å². The number of alkyl halides is 4. The molecule has 2 aromatic carbocycles. The normalized spacial score (nSPS) is 31.2. The van der Waals surface area contributed by atoms with Crippen LogP contribution in [-0.4, -0.2) is 208 Å². The summed E-state index contributed by atoms with van der Waals surface area (Å²) in [6, 6.07) is 14.9. The van der Waals surface area contributed by atoms with E-state index in [2.05, 4.69) is 88.4 Å². The van der Waals surface area contributed by atoms with Crippen LogP contribution in [0.1, 0.15) is 61.1 Å². The number of phosphoric acid groups is 2. The number of nitriles is 1. The Kier molecular flexibility index (Phi) is 26.4. The maximum Gasteiger partial charge on any atom is 0.475 e. The van der Waals surface area contributed by atoms with Gasteiger partial charge in [-0.25, -0.2) is 66.6 Å². The SMILES string of the molecule is CC(C)C(=O)Nc1nc2c(ncn2[C@@H]2O[C@@H]3COP(=O)(OCCC#N)O[C@H]4[C@H](F)[C@H](n5cnc6c(NC(=O)c7ccccc7)ncnc65)O[C@@H]4COP(=S)(SCc4ccc(Cl)cc4Cl)O[C@@H]2[C@@H]3F)c(=O)[nH]1.CN.Nc1nc2c(ncn2[C@@H]2O[C@@H]3COP(=O)(O)O[C@H]4[C@H](F)[C@H](n5cnc6c(N)ncnc65)O[C@@H]4COP(=S)(S)O[C@@H]2[C@@H]3F)c(=O)[nH]1. The number of thiol groups is 1. The molecule has 20 atom stereocenters. The molecule has 6 saturated heterocycles. The van der Waals surface area contributed by atoms with E-state index < -0.39 is 187 Å². The van der Waals surface area contributed by atoms with Crippen LogP contribution < -0.4 is 39.0 Å².